The summed E-state index contributed by atoms with van der Waals surface area (Å²) < 4.78 is 0. The molecule has 0 radical (unpaired) electrons. The van der Waals surface area contributed by atoms with E-state index in [4.69, 9.17) is 6.42 Å². The van der Waals surface area contributed by atoms with Gasteiger partial charge >= 0.3 is 0 Å². The molecular weight excluding hydrogens is 450 g/mol. The average Bonchev–Trinajstić information content (AvgIpc) is 3.36. The number of nitrogens with zero attached hydrogens (tertiary/aromatic N) is 1. The molecule has 35 heavy (non-hydrogen) atoms. The zero-order valence-corrected chi connectivity index (χ0v) is 20.1. The highest BCUT2D eigenvalue weighted by molar-refractivity contribution is 5.95. The fourth-order valence-corrected chi connectivity index (χ4v) is 3.85. The van der Waals surface area contributed by atoms with Crippen LogP contribution in [0, 0.1) is 12.3 Å². The summed E-state index contributed by atoms with van der Waals surface area (Å²) in [6.07, 6.45) is 6.96. The molecule has 10 heteroatoms. The summed E-state index contributed by atoms with van der Waals surface area (Å²) in [7, 11) is 1.44. The van der Waals surface area contributed by atoms with Gasteiger partial charge in [0.2, 0.25) is 29.5 Å². The van der Waals surface area contributed by atoms with Crippen LogP contribution >= 0.6 is 0 Å². The summed E-state index contributed by atoms with van der Waals surface area (Å²) in [5.74, 6) is 0.205. The molecule has 5 amide bonds. The van der Waals surface area contributed by atoms with E-state index in [1.807, 2.05) is 30.3 Å². The number of rotatable bonds is 11. The Kier molecular flexibility index (Phi) is 10.8. The Morgan fingerprint density at radius 1 is 1.09 bits per heavy atom. The minimum atomic E-state index is -1.09. The van der Waals surface area contributed by atoms with Crippen LogP contribution in [-0.4, -0.2) is 72.7 Å². The largest absolute Gasteiger partial charge is 0.358 e. The summed E-state index contributed by atoms with van der Waals surface area (Å²) in [6.45, 7) is 1.97. The number of hydrogen-bond acceptors (Lipinski definition) is 5. The predicted octanol–water partition coefficient (Wildman–Crippen LogP) is -0.515. The van der Waals surface area contributed by atoms with Gasteiger partial charge in [-0.1, -0.05) is 37.3 Å². The van der Waals surface area contributed by atoms with Gasteiger partial charge in [0, 0.05) is 32.9 Å². The molecule has 1 saturated heterocycles. The van der Waals surface area contributed by atoms with Gasteiger partial charge in [-0.3, -0.25) is 24.0 Å². The zero-order valence-electron chi connectivity index (χ0n) is 20.1. The van der Waals surface area contributed by atoms with E-state index >= 15 is 0 Å². The van der Waals surface area contributed by atoms with Gasteiger partial charge < -0.3 is 26.2 Å². The van der Waals surface area contributed by atoms with Crippen molar-refractivity contribution in [2.75, 3.05) is 20.1 Å². The van der Waals surface area contributed by atoms with E-state index in [-0.39, 0.29) is 31.7 Å². The summed E-state index contributed by atoms with van der Waals surface area (Å²) >= 11 is 0. The van der Waals surface area contributed by atoms with Crippen molar-refractivity contribution in [3.05, 3.63) is 35.9 Å². The van der Waals surface area contributed by atoms with E-state index in [1.165, 1.54) is 7.05 Å². The first-order valence-electron chi connectivity index (χ1n) is 11.7. The maximum absolute atomic E-state index is 13.2. The van der Waals surface area contributed by atoms with Gasteiger partial charge in [-0.25, -0.2) is 0 Å². The molecule has 0 spiro atoms. The minimum absolute atomic E-state index is 0.0985. The molecule has 0 aromatic heterocycles. The number of hydrogen-bond donors (Lipinski definition) is 4. The van der Waals surface area contributed by atoms with E-state index in [2.05, 4.69) is 27.2 Å². The fraction of sp³-hybridized carbons (Fsp3) is 0.480. The molecule has 0 aliphatic carbocycles. The summed E-state index contributed by atoms with van der Waals surface area (Å²) in [5, 5.41) is 10.2. The second-order valence-corrected chi connectivity index (χ2v) is 8.21. The first kappa shape index (κ1) is 27.4. The molecule has 4 N–H and O–H groups in total. The monoisotopic (exact) mass is 483 g/mol. The van der Waals surface area contributed by atoms with Crippen LogP contribution in [0.1, 0.15) is 38.2 Å². The van der Waals surface area contributed by atoms with Crippen LogP contribution in [0.4, 0.5) is 0 Å². The van der Waals surface area contributed by atoms with Crippen molar-refractivity contribution in [2.45, 2.75) is 57.2 Å². The summed E-state index contributed by atoms with van der Waals surface area (Å²) in [5.41, 5.74) is 0.804. The Morgan fingerprint density at radius 2 is 1.80 bits per heavy atom. The Bertz CT molecular complexity index is 959. The SMILES string of the molecule is C#CCC(NC(=O)C(Cc1ccccc1)NC(=O)C1CCCN1C(=O)CC)C(=O)NCC(=O)NC. The first-order chi connectivity index (χ1) is 16.8. The smallest absolute Gasteiger partial charge is 0.244 e. The predicted molar refractivity (Wildman–Crippen MR) is 130 cm³/mol. The Hall–Kier alpha value is -3.87. The van der Waals surface area contributed by atoms with E-state index in [0.717, 1.165) is 5.56 Å². The third-order valence-electron chi connectivity index (χ3n) is 5.75. The molecule has 10 nitrogen and oxygen atoms in total. The van der Waals surface area contributed by atoms with Crippen molar-refractivity contribution in [1.29, 1.82) is 0 Å². The van der Waals surface area contributed by atoms with E-state index in [9.17, 15) is 24.0 Å². The first-order valence-corrected chi connectivity index (χ1v) is 11.7. The van der Waals surface area contributed by atoms with Crippen molar-refractivity contribution in [3.8, 4) is 12.3 Å². The number of likely N-dealkylation sites (N-methyl/N-ethyl adjacent to an activating group) is 1. The molecule has 0 saturated carbocycles. The van der Waals surface area contributed by atoms with Crippen LogP contribution in [-0.2, 0) is 30.4 Å². The Balaban J connectivity index is 2.17. The molecular formula is C25H33N5O5. The lowest BCUT2D eigenvalue weighted by atomic mass is 10.0. The molecule has 3 atom stereocenters. The molecule has 3 unspecified atom stereocenters. The van der Waals surface area contributed by atoms with Crippen molar-refractivity contribution in [1.82, 2.24) is 26.2 Å². The molecule has 1 aromatic rings. The van der Waals surface area contributed by atoms with Crippen molar-refractivity contribution in [3.63, 3.8) is 0 Å². The maximum Gasteiger partial charge on any atom is 0.244 e. The highest BCUT2D eigenvalue weighted by atomic mass is 16.2. The standard InChI is InChI=1S/C25H33N5O5/c1-4-10-18(23(33)27-16-21(31)26-3)28-24(34)19(15-17-11-7-6-8-12-17)29-25(35)20-13-9-14-30(20)22(32)5-2/h1,6-8,11-12,18-20H,5,9-10,13-16H2,2-3H3,(H,26,31)(H,27,33)(H,28,34)(H,29,35). The number of nitrogens with one attached hydrogen (secondary N) is 4. The fourth-order valence-electron chi connectivity index (χ4n) is 3.85. The number of benzene rings is 1. The van der Waals surface area contributed by atoms with Gasteiger partial charge in [-0.15, -0.1) is 12.3 Å². The third kappa shape index (κ3) is 8.14. The highest BCUT2D eigenvalue weighted by Gasteiger charge is 2.35. The number of carbonyl (C=O) groups is 5. The van der Waals surface area contributed by atoms with Gasteiger partial charge in [0.05, 0.1) is 6.54 Å². The quantitative estimate of drug-likeness (QED) is 0.314. The van der Waals surface area contributed by atoms with E-state index in [0.29, 0.717) is 19.4 Å². The second kappa shape index (κ2) is 13.7. The van der Waals surface area contributed by atoms with Gasteiger partial charge in [0.15, 0.2) is 0 Å². The lowest BCUT2D eigenvalue weighted by Gasteiger charge is -2.27. The molecule has 1 heterocycles. The average molecular weight is 484 g/mol. The molecule has 1 aliphatic rings. The topological polar surface area (TPSA) is 137 Å². The number of carbonyl (C=O) groups excluding carboxylic acids is 5. The number of likely N-dealkylation sites (tertiary alicyclic amines) is 1. The number of amides is 5. The van der Waals surface area contributed by atoms with E-state index in [1.54, 1.807) is 11.8 Å². The van der Waals surface area contributed by atoms with Crippen LogP contribution in [0.15, 0.2) is 30.3 Å². The zero-order chi connectivity index (χ0) is 25.8. The Labute approximate surface area is 205 Å². The normalized spacial score (nSPS) is 16.4. The molecule has 2 rings (SSSR count). The third-order valence-corrected chi connectivity index (χ3v) is 5.75. The molecule has 1 fully saturated rings. The second-order valence-electron chi connectivity index (χ2n) is 8.21. The summed E-state index contributed by atoms with van der Waals surface area (Å²) in [6, 6.07) is 6.38. The highest BCUT2D eigenvalue weighted by Crippen LogP contribution is 2.19. The lowest BCUT2D eigenvalue weighted by molar-refractivity contribution is -0.139. The van der Waals surface area contributed by atoms with Gasteiger partial charge in [0.25, 0.3) is 0 Å². The van der Waals surface area contributed by atoms with Crippen LogP contribution in [0.2, 0.25) is 0 Å². The number of terminal acetylenes is 1. The van der Waals surface area contributed by atoms with Crippen LogP contribution in [0.3, 0.4) is 0 Å². The van der Waals surface area contributed by atoms with Crippen molar-refractivity contribution in [2.24, 2.45) is 0 Å². The summed E-state index contributed by atoms with van der Waals surface area (Å²) in [4.78, 5) is 64.1. The maximum atomic E-state index is 13.2. The molecule has 1 aromatic carbocycles. The van der Waals surface area contributed by atoms with Crippen molar-refractivity contribution < 1.29 is 24.0 Å². The van der Waals surface area contributed by atoms with Crippen molar-refractivity contribution >= 4 is 29.5 Å². The molecule has 1 aliphatic heterocycles. The van der Waals surface area contributed by atoms with Gasteiger partial charge in [-0.2, -0.15) is 0 Å². The van der Waals surface area contributed by atoms with Gasteiger partial charge in [0.1, 0.15) is 18.1 Å². The Morgan fingerprint density at radius 3 is 2.43 bits per heavy atom. The van der Waals surface area contributed by atoms with E-state index < -0.39 is 41.8 Å². The molecule has 0 bridgehead atoms. The minimum Gasteiger partial charge on any atom is -0.358 e. The lowest BCUT2D eigenvalue weighted by Crippen LogP contribution is -2.57. The van der Waals surface area contributed by atoms with Gasteiger partial charge in [-0.05, 0) is 18.4 Å². The van der Waals surface area contributed by atoms with Crippen LogP contribution < -0.4 is 21.3 Å². The molecule has 188 valence electrons. The van der Waals surface area contributed by atoms with Crippen LogP contribution in [0.25, 0.3) is 0 Å². The van der Waals surface area contributed by atoms with Crippen LogP contribution in [0.5, 0.6) is 0 Å².